The molecule has 5 nitrogen and oxygen atoms in total. The molecule has 0 aromatic heterocycles. The van der Waals surface area contributed by atoms with Gasteiger partial charge in [0.15, 0.2) is 5.78 Å². The predicted molar refractivity (Wildman–Crippen MR) is 73.9 cm³/mol. The average molecular weight is 292 g/mol. The molecule has 1 aliphatic rings. The fourth-order valence-corrected chi connectivity index (χ4v) is 2.26. The highest BCUT2D eigenvalue weighted by Gasteiger charge is 2.29. The zero-order chi connectivity index (χ0) is 15.4. The molecular weight excluding hydrogens is 275 g/mol. The Morgan fingerprint density at radius 3 is 2.43 bits per heavy atom. The summed E-state index contributed by atoms with van der Waals surface area (Å²) >= 11 is 0. The Kier molecular flexibility index (Phi) is 4.67. The number of ketones is 1. The van der Waals surface area contributed by atoms with E-state index in [9.17, 15) is 18.8 Å². The van der Waals surface area contributed by atoms with E-state index < -0.39 is 5.82 Å². The van der Waals surface area contributed by atoms with Gasteiger partial charge in [-0.25, -0.2) is 4.39 Å². The van der Waals surface area contributed by atoms with Crippen LogP contribution in [0.1, 0.15) is 12.5 Å². The van der Waals surface area contributed by atoms with Crippen LogP contribution in [0.4, 0.5) is 4.39 Å². The van der Waals surface area contributed by atoms with Gasteiger partial charge in [0.1, 0.15) is 12.4 Å². The molecule has 0 radical (unpaired) electrons. The molecule has 1 aliphatic heterocycles. The second-order valence-electron chi connectivity index (χ2n) is 4.96. The monoisotopic (exact) mass is 292 g/mol. The van der Waals surface area contributed by atoms with Gasteiger partial charge in [0, 0.05) is 13.0 Å². The normalized spacial score (nSPS) is 15.5. The first-order valence-electron chi connectivity index (χ1n) is 6.82. The molecule has 0 unspecified atom stereocenters. The molecule has 0 saturated carbocycles. The third-order valence-electron chi connectivity index (χ3n) is 3.45. The van der Waals surface area contributed by atoms with Crippen LogP contribution in [0.25, 0.3) is 0 Å². The number of piperazine rings is 1. The molecule has 0 spiro atoms. The van der Waals surface area contributed by atoms with Crippen molar-refractivity contribution in [1.82, 2.24) is 9.80 Å². The van der Waals surface area contributed by atoms with Gasteiger partial charge in [-0.1, -0.05) is 18.2 Å². The third kappa shape index (κ3) is 3.65. The van der Waals surface area contributed by atoms with E-state index in [1.807, 2.05) is 0 Å². The Hall–Kier alpha value is -2.24. The average Bonchev–Trinajstić information content (AvgIpc) is 2.45. The Bertz CT molecular complexity index is 574. The summed E-state index contributed by atoms with van der Waals surface area (Å²) in [4.78, 5) is 38.2. The van der Waals surface area contributed by atoms with Crippen molar-refractivity contribution in [3.63, 3.8) is 0 Å². The lowest BCUT2D eigenvalue weighted by atomic mass is 10.1. The molecule has 1 fully saturated rings. The zero-order valence-electron chi connectivity index (χ0n) is 11.8. The predicted octanol–water partition coefficient (Wildman–Crippen LogP) is 0.628. The Labute approximate surface area is 122 Å². The minimum absolute atomic E-state index is 0.00229. The van der Waals surface area contributed by atoms with E-state index in [-0.39, 0.29) is 43.7 Å². The molecule has 1 aromatic rings. The molecule has 112 valence electrons. The summed E-state index contributed by atoms with van der Waals surface area (Å²) in [6.07, 6.45) is -0.0812. The van der Waals surface area contributed by atoms with Crippen molar-refractivity contribution >= 4 is 17.6 Å². The number of benzene rings is 1. The second-order valence-corrected chi connectivity index (χ2v) is 4.96. The van der Waals surface area contributed by atoms with Gasteiger partial charge in [-0.15, -0.1) is 0 Å². The number of carbonyl (C=O) groups excluding carboxylic acids is 3. The van der Waals surface area contributed by atoms with Crippen LogP contribution in [0, 0.1) is 5.82 Å². The number of rotatable bonds is 5. The Morgan fingerprint density at radius 2 is 1.76 bits per heavy atom. The number of amides is 2. The lowest BCUT2D eigenvalue weighted by Gasteiger charge is -2.32. The summed E-state index contributed by atoms with van der Waals surface area (Å²) in [5, 5.41) is 0. The van der Waals surface area contributed by atoms with Crippen LogP contribution in [0.2, 0.25) is 0 Å². The van der Waals surface area contributed by atoms with E-state index in [4.69, 9.17) is 0 Å². The Morgan fingerprint density at radius 1 is 1.14 bits per heavy atom. The molecule has 0 aliphatic carbocycles. The first-order chi connectivity index (χ1) is 10.0. The summed E-state index contributed by atoms with van der Waals surface area (Å²) in [7, 11) is 0. The van der Waals surface area contributed by atoms with E-state index in [1.165, 1.54) is 21.9 Å². The topological polar surface area (TPSA) is 57.7 Å². The number of hydrogen-bond acceptors (Lipinski definition) is 3. The van der Waals surface area contributed by atoms with Crippen LogP contribution in [0.15, 0.2) is 24.3 Å². The molecule has 2 rings (SSSR count). The number of likely N-dealkylation sites (N-methyl/N-ethyl adjacent to an activating group) is 1. The molecule has 1 aromatic carbocycles. The quantitative estimate of drug-likeness (QED) is 0.800. The van der Waals surface area contributed by atoms with Crippen molar-refractivity contribution < 1.29 is 18.8 Å². The highest BCUT2D eigenvalue weighted by atomic mass is 19.1. The largest absolute Gasteiger partial charge is 0.332 e. The number of halogens is 1. The first-order valence-corrected chi connectivity index (χ1v) is 6.82. The molecule has 1 saturated heterocycles. The zero-order valence-corrected chi connectivity index (χ0v) is 11.8. The summed E-state index contributed by atoms with van der Waals surface area (Å²) in [5.41, 5.74) is 0.300. The second kappa shape index (κ2) is 6.47. The molecule has 0 N–H and O–H groups in total. The van der Waals surface area contributed by atoms with Crippen molar-refractivity contribution in [2.24, 2.45) is 0 Å². The lowest BCUT2D eigenvalue weighted by Crippen LogP contribution is -2.54. The van der Waals surface area contributed by atoms with Crippen LogP contribution >= 0.6 is 0 Å². The van der Waals surface area contributed by atoms with Crippen molar-refractivity contribution in [2.45, 2.75) is 13.3 Å². The highest BCUT2D eigenvalue weighted by molar-refractivity contribution is 5.95. The smallest absolute Gasteiger partial charge is 0.243 e. The first kappa shape index (κ1) is 15.2. The standard InChI is InChI=1S/C15H17FN2O3/c1-2-17-9-15(21)18(10-14(17)20)8-12(19)7-11-5-3-4-6-13(11)16/h3-6H,2,7-10H2,1H3. The number of Topliss-reactive ketones (excluding diaryl/α,β-unsaturated/α-hetero) is 1. The summed E-state index contributed by atoms with van der Waals surface area (Å²) in [5.74, 6) is -1.15. The van der Waals surface area contributed by atoms with Crippen molar-refractivity contribution in [1.29, 1.82) is 0 Å². The van der Waals surface area contributed by atoms with Gasteiger partial charge in [-0.3, -0.25) is 14.4 Å². The van der Waals surface area contributed by atoms with E-state index in [0.717, 1.165) is 0 Å². The van der Waals surface area contributed by atoms with Gasteiger partial charge in [0.05, 0.1) is 13.1 Å². The molecule has 1 heterocycles. The van der Waals surface area contributed by atoms with Gasteiger partial charge in [0.2, 0.25) is 11.8 Å². The van der Waals surface area contributed by atoms with Gasteiger partial charge in [-0.05, 0) is 18.6 Å². The summed E-state index contributed by atoms with van der Waals surface area (Å²) in [6, 6.07) is 6.03. The Balaban J connectivity index is 1.95. The SMILES string of the molecule is CCN1CC(=O)N(CC(=O)Cc2ccccc2F)CC1=O. The van der Waals surface area contributed by atoms with E-state index in [0.29, 0.717) is 12.1 Å². The highest BCUT2D eigenvalue weighted by Crippen LogP contribution is 2.09. The lowest BCUT2D eigenvalue weighted by molar-refractivity contribution is -0.151. The molecule has 2 amide bonds. The maximum atomic E-state index is 13.5. The van der Waals surface area contributed by atoms with Crippen molar-refractivity contribution in [3.05, 3.63) is 35.6 Å². The minimum Gasteiger partial charge on any atom is -0.332 e. The van der Waals surface area contributed by atoms with Crippen LogP contribution in [-0.2, 0) is 20.8 Å². The van der Waals surface area contributed by atoms with Gasteiger partial charge in [-0.2, -0.15) is 0 Å². The third-order valence-corrected chi connectivity index (χ3v) is 3.45. The fraction of sp³-hybridized carbons (Fsp3) is 0.400. The van der Waals surface area contributed by atoms with Crippen molar-refractivity contribution in [2.75, 3.05) is 26.2 Å². The molecular formula is C15H17FN2O3. The molecule has 0 bridgehead atoms. The number of carbonyl (C=O) groups is 3. The van der Waals surface area contributed by atoms with Crippen LogP contribution in [0.5, 0.6) is 0 Å². The van der Waals surface area contributed by atoms with Crippen LogP contribution in [-0.4, -0.2) is 53.6 Å². The van der Waals surface area contributed by atoms with Crippen molar-refractivity contribution in [3.8, 4) is 0 Å². The molecule has 0 atom stereocenters. The maximum absolute atomic E-state index is 13.5. The summed E-state index contributed by atoms with van der Waals surface area (Å²) < 4.78 is 13.5. The minimum atomic E-state index is -0.441. The molecule has 6 heteroatoms. The van der Waals surface area contributed by atoms with Crippen LogP contribution < -0.4 is 0 Å². The van der Waals surface area contributed by atoms with Gasteiger partial charge < -0.3 is 9.80 Å². The van der Waals surface area contributed by atoms with Crippen LogP contribution in [0.3, 0.4) is 0 Å². The van der Waals surface area contributed by atoms with E-state index >= 15 is 0 Å². The van der Waals surface area contributed by atoms with E-state index in [1.54, 1.807) is 19.1 Å². The molecule has 21 heavy (non-hydrogen) atoms. The van der Waals surface area contributed by atoms with Gasteiger partial charge >= 0.3 is 0 Å². The van der Waals surface area contributed by atoms with E-state index in [2.05, 4.69) is 0 Å². The maximum Gasteiger partial charge on any atom is 0.243 e. The number of nitrogens with zero attached hydrogens (tertiary/aromatic N) is 2. The summed E-state index contributed by atoms with van der Waals surface area (Å²) in [6.45, 7) is 2.03. The fourth-order valence-electron chi connectivity index (χ4n) is 2.26. The van der Waals surface area contributed by atoms with Gasteiger partial charge in [0.25, 0.3) is 0 Å². The number of hydrogen-bond donors (Lipinski definition) is 0.